The monoisotopic (exact) mass is 322 g/mol. The Morgan fingerprint density at radius 2 is 1.36 bits per heavy atom. The van der Waals surface area contributed by atoms with Gasteiger partial charge in [0.15, 0.2) is 0 Å². The summed E-state index contributed by atoms with van der Waals surface area (Å²) in [5.74, 6) is 0.666. The van der Waals surface area contributed by atoms with Crippen LogP contribution >= 0.6 is 0 Å². The summed E-state index contributed by atoms with van der Waals surface area (Å²) in [5, 5.41) is 10.9. The second kappa shape index (κ2) is 6.69. The van der Waals surface area contributed by atoms with Crippen molar-refractivity contribution < 1.29 is 38.4 Å². The van der Waals surface area contributed by atoms with E-state index in [1.807, 2.05) is 54.6 Å². The van der Waals surface area contributed by atoms with Crippen molar-refractivity contribution in [3.8, 4) is 17.1 Å². The minimum Gasteiger partial charge on any atom is -0.500 e. The molecule has 0 bridgehead atoms. The Morgan fingerprint density at radius 3 is 2.00 bits per heavy atom. The fourth-order valence-corrected chi connectivity index (χ4v) is 1.86. The van der Waals surface area contributed by atoms with Crippen LogP contribution in [0.5, 0.6) is 5.75 Å². The zero-order chi connectivity index (χ0) is 16.2. The van der Waals surface area contributed by atoms with Crippen LogP contribution in [0.1, 0.15) is 0 Å². The topological polar surface area (TPSA) is 124 Å². The summed E-state index contributed by atoms with van der Waals surface area (Å²) < 4.78 is 39.7. The quantitative estimate of drug-likeness (QED) is 0.592. The molecule has 7 heteroatoms. The average Bonchev–Trinajstić information content (AvgIpc) is 2.46. The van der Waals surface area contributed by atoms with Crippen molar-refractivity contribution in [2.45, 2.75) is 0 Å². The normalized spacial score (nSPS) is 10.9. The molecule has 0 aliphatic carbocycles. The van der Waals surface area contributed by atoms with Crippen LogP contribution in [-0.4, -0.2) is 5.11 Å². The number of benzene rings is 2. The Labute approximate surface area is 127 Å². The number of hydrogen-bond acceptors (Lipinski definition) is 5. The first-order chi connectivity index (χ1) is 10.3. The lowest BCUT2D eigenvalue weighted by molar-refractivity contribution is -2.00. The largest absolute Gasteiger partial charge is 0.500 e. The van der Waals surface area contributed by atoms with Crippen molar-refractivity contribution in [3.05, 3.63) is 60.7 Å². The molecule has 114 valence electrons. The van der Waals surface area contributed by atoms with Gasteiger partial charge in [-0.25, -0.2) is 23.1 Å². The fraction of sp³-hybridized carbons (Fsp3) is 0. The van der Waals surface area contributed by atoms with Crippen LogP contribution in [-0.2, 0) is 0 Å². The standard InChI is InChI=1S/C15H10O2.ClHO4/c16-13-10-12-8-4-5-9-14(12)17-15(13)11-6-2-1-3-7-11;2-1(3,4)5/h1-10H;(H,2,3,4,5). The Morgan fingerprint density at radius 1 is 0.818 bits per heavy atom. The molecule has 3 rings (SSSR count). The highest BCUT2D eigenvalue weighted by atomic mass is 35.7. The van der Waals surface area contributed by atoms with E-state index in [4.69, 9.17) is 23.1 Å². The molecular formula is C15H11ClO6. The second-order valence-electron chi connectivity index (χ2n) is 4.24. The lowest BCUT2D eigenvalue weighted by atomic mass is 10.1. The molecule has 0 amide bonds. The molecule has 1 N–H and O–H groups in total. The molecule has 0 radical (unpaired) electrons. The van der Waals surface area contributed by atoms with Crippen LogP contribution in [0.3, 0.4) is 0 Å². The van der Waals surface area contributed by atoms with Crippen molar-refractivity contribution in [2.24, 2.45) is 0 Å². The van der Waals surface area contributed by atoms with Gasteiger partial charge in [-0.2, -0.15) is 0 Å². The van der Waals surface area contributed by atoms with Gasteiger partial charge in [-0.05, 0) is 18.2 Å². The molecule has 0 saturated heterocycles. The summed E-state index contributed by atoms with van der Waals surface area (Å²) in [4.78, 5) is 0. The van der Waals surface area contributed by atoms with E-state index in [-0.39, 0.29) is 5.75 Å². The third-order valence-electron chi connectivity index (χ3n) is 2.69. The predicted molar refractivity (Wildman–Crippen MR) is 67.7 cm³/mol. The predicted octanol–water partition coefficient (Wildman–Crippen LogP) is -0.669. The second-order valence-corrected chi connectivity index (χ2v) is 5.00. The fourth-order valence-electron chi connectivity index (χ4n) is 1.86. The number of aromatic hydroxyl groups is 1. The first kappa shape index (κ1) is 16.2. The van der Waals surface area contributed by atoms with E-state index in [0.717, 1.165) is 16.5 Å². The maximum absolute atomic E-state index is 9.97. The molecule has 0 saturated carbocycles. The number of halogens is 1. The van der Waals surface area contributed by atoms with Crippen molar-refractivity contribution in [1.29, 1.82) is 0 Å². The van der Waals surface area contributed by atoms with Crippen LogP contribution in [0.2, 0.25) is 0 Å². The van der Waals surface area contributed by atoms with Gasteiger partial charge in [-0.3, -0.25) is 0 Å². The molecule has 1 heterocycles. The van der Waals surface area contributed by atoms with Crippen LogP contribution in [0.25, 0.3) is 22.3 Å². The van der Waals surface area contributed by atoms with Gasteiger partial charge in [0.2, 0.25) is 5.75 Å². The molecule has 22 heavy (non-hydrogen) atoms. The van der Waals surface area contributed by atoms with E-state index in [9.17, 15) is 5.11 Å². The zero-order valence-corrected chi connectivity index (χ0v) is 11.9. The molecule has 0 unspecified atom stereocenters. The van der Waals surface area contributed by atoms with E-state index in [1.165, 1.54) is 0 Å². The molecule has 0 atom stereocenters. The van der Waals surface area contributed by atoms with Crippen LogP contribution in [0.15, 0.2) is 65.1 Å². The molecule has 0 aliphatic heterocycles. The lowest BCUT2D eigenvalue weighted by Crippen LogP contribution is -2.68. The van der Waals surface area contributed by atoms with Crippen molar-refractivity contribution in [2.75, 3.05) is 0 Å². The van der Waals surface area contributed by atoms with Crippen molar-refractivity contribution in [3.63, 3.8) is 0 Å². The molecule has 0 aliphatic rings. The van der Waals surface area contributed by atoms with Gasteiger partial charge in [-0.15, -0.1) is 10.2 Å². The van der Waals surface area contributed by atoms with Crippen LogP contribution < -0.4 is 18.6 Å². The van der Waals surface area contributed by atoms with E-state index >= 15 is 0 Å². The molecule has 1 aromatic heterocycles. The van der Waals surface area contributed by atoms with E-state index < -0.39 is 10.2 Å². The molecule has 2 aromatic carbocycles. The van der Waals surface area contributed by atoms with Gasteiger partial charge in [0.25, 0.3) is 0 Å². The summed E-state index contributed by atoms with van der Waals surface area (Å²) in [6.07, 6.45) is 0. The summed E-state index contributed by atoms with van der Waals surface area (Å²) in [5.41, 5.74) is 1.64. The number of para-hydroxylation sites is 1. The molecule has 6 nitrogen and oxygen atoms in total. The molecule has 0 fully saturated rings. The zero-order valence-electron chi connectivity index (χ0n) is 11.1. The van der Waals surface area contributed by atoms with E-state index in [0.29, 0.717) is 5.76 Å². The van der Waals surface area contributed by atoms with Crippen LogP contribution in [0, 0.1) is 10.2 Å². The Bertz CT molecular complexity index is 749. The number of hydrogen-bond donors (Lipinski definition) is 1. The third-order valence-corrected chi connectivity index (χ3v) is 2.69. The van der Waals surface area contributed by atoms with Gasteiger partial charge in [0.1, 0.15) is 0 Å². The highest BCUT2D eigenvalue weighted by Crippen LogP contribution is 2.32. The smallest absolute Gasteiger partial charge is 0.401 e. The lowest BCUT2D eigenvalue weighted by Gasteiger charge is -2.17. The first-order valence-electron chi connectivity index (χ1n) is 6.06. The SMILES string of the molecule is Oc1cc2ccccc2[o+]c1-c1ccccc1.[O-][Cl+3]([O-])([O-])[O-]. The Hall–Kier alpha value is -2.22. The number of rotatable bonds is 1. The van der Waals surface area contributed by atoms with E-state index in [1.54, 1.807) is 6.07 Å². The summed E-state index contributed by atoms with van der Waals surface area (Å²) in [7, 11) is -4.94. The van der Waals surface area contributed by atoms with Gasteiger partial charge < -0.3 is 5.11 Å². The highest BCUT2D eigenvalue weighted by Gasteiger charge is 2.20. The van der Waals surface area contributed by atoms with Crippen molar-refractivity contribution >= 4 is 11.0 Å². The Kier molecular flexibility index (Phi) is 4.92. The maximum Gasteiger partial charge on any atom is 0.401 e. The van der Waals surface area contributed by atoms with Gasteiger partial charge in [0.05, 0.1) is 10.9 Å². The summed E-state index contributed by atoms with van der Waals surface area (Å²) >= 11 is 0. The first-order valence-corrected chi connectivity index (χ1v) is 7.30. The van der Waals surface area contributed by atoms with Crippen molar-refractivity contribution in [1.82, 2.24) is 0 Å². The minimum absolute atomic E-state index is 0.162. The summed E-state index contributed by atoms with van der Waals surface area (Å²) in [6, 6.07) is 18.9. The Balaban J connectivity index is 0.000000309. The molecule has 3 aromatic rings. The summed E-state index contributed by atoms with van der Waals surface area (Å²) in [6.45, 7) is 0. The number of fused-ring (bicyclic) bond motifs is 1. The van der Waals surface area contributed by atoms with Gasteiger partial charge in [-0.1, -0.05) is 30.3 Å². The highest BCUT2D eigenvalue weighted by molar-refractivity contribution is 5.81. The van der Waals surface area contributed by atoms with Crippen LogP contribution in [0.4, 0.5) is 0 Å². The average molecular weight is 323 g/mol. The molecule has 0 spiro atoms. The van der Waals surface area contributed by atoms with E-state index in [2.05, 4.69) is 0 Å². The minimum atomic E-state index is -4.94. The molecular weight excluding hydrogens is 312 g/mol. The maximum atomic E-state index is 9.97. The van der Waals surface area contributed by atoms with Gasteiger partial charge >= 0.3 is 11.3 Å². The van der Waals surface area contributed by atoms with Gasteiger partial charge in [0, 0.05) is 12.1 Å². The third kappa shape index (κ3) is 4.66.